The highest BCUT2D eigenvalue weighted by Gasteiger charge is 2.30. The minimum Gasteiger partial charge on any atom is -0.394 e. The van der Waals surface area contributed by atoms with Crippen molar-refractivity contribution < 1.29 is 9.90 Å². The first-order valence-electron chi connectivity index (χ1n) is 7.24. The molecule has 0 aromatic heterocycles. The number of amides is 1. The Hall–Kier alpha value is -1.59. The van der Waals surface area contributed by atoms with Gasteiger partial charge in [-0.25, -0.2) is 0 Å². The Morgan fingerprint density at radius 3 is 3.05 bits per heavy atom. The average molecular weight is 275 g/mol. The van der Waals surface area contributed by atoms with Crippen LogP contribution in [0.5, 0.6) is 0 Å². The number of hydrogen-bond acceptors (Lipinski definition) is 4. The summed E-state index contributed by atoms with van der Waals surface area (Å²) in [4.78, 5) is 14.1. The van der Waals surface area contributed by atoms with Crippen molar-refractivity contribution >= 4 is 17.3 Å². The molecule has 0 radical (unpaired) electrons. The molecule has 0 saturated carbocycles. The number of aliphatic hydroxyl groups excluding tert-OH is 1. The number of rotatable bonds is 3. The molecule has 3 N–H and O–H groups in total. The summed E-state index contributed by atoms with van der Waals surface area (Å²) in [5.74, 6) is -0.00278. The van der Waals surface area contributed by atoms with E-state index in [9.17, 15) is 9.90 Å². The van der Waals surface area contributed by atoms with E-state index in [-0.39, 0.29) is 24.6 Å². The molecule has 1 aromatic rings. The van der Waals surface area contributed by atoms with Crippen molar-refractivity contribution in [2.75, 3.05) is 30.4 Å². The quantitative estimate of drug-likeness (QED) is 0.777. The normalized spacial score (nSPS) is 25.5. The zero-order valence-corrected chi connectivity index (χ0v) is 11.7. The predicted molar refractivity (Wildman–Crippen MR) is 78.9 cm³/mol. The number of aliphatic hydroxyl groups is 1. The number of nitrogens with zero attached hydrogens (tertiary/aromatic N) is 1. The summed E-state index contributed by atoms with van der Waals surface area (Å²) in [5.41, 5.74) is 2.97. The first-order valence-corrected chi connectivity index (χ1v) is 7.24. The van der Waals surface area contributed by atoms with Crippen molar-refractivity contribution in [2.24, 2.45) is 0 Å². The molecule has 1 aromatic carbocycles. The van der Waals surface area contributed by atoms with Gasteiger partial charge in [-0.3, -0.25) is 4.79 Å². The van der Waals surface area contributed by atoms with Gasteiger partial charge in [0, 0.05) is 23.5 Å². The molecule has 0 spiro atoms. The number of benzene rings is 1. The predicted octanol–water partition coefficient (Wildman–Crippen LogP) is 1.25. The van der Waals surface area contributed by atoms with Crippen LogP contribution in [0.2, 0.25) is 0 Å². The number of fused-ring (bicyclic) bond motifs is 1. The van der Waals surface area contributed by atoms with E-state index in [0.29, 0.717) is 0 Å². The number of anilines is 2. The van der Waals surface area contributed by atoms with Crippen LogP contribution >= 0.6 is 0 Å². The highest BCUT2D eigenvalue weighted by atomic mass is 16.3. The molecule has 1 fully saturated rings. The molecular weight excluding hydrogens is 254 g/mol. The maximum absolute atomic E-state index is 11.8. The highest BCUT2D eigenvalue weighted by Crippen LogP contribution is 2.35. The first-order chi connectivity index (χ1) is 9.74. The topological polar surface area (TPSA) is 64.6 Å². The first kappa shape index (κ1) is 13.4. The Kier molecular flexibility index (Phi) is 3.63. The summed E-state index contributed by atoms with van der Waals surface area (Å²) < 4.78 is 0. The second-order valence-corrected chi connectivity index (χ2v) is 5.51. The summed E-state index contributed by atoms with van der Waals surface area (Å²) in [6.07, 6.45) is 3.35. The minimum atomic E-state index is -0.256. The van der Waals surface area contributed by atoms with E-state index in [2.05, 4.69) is 21.6 Å². The van der Waals surface area contributed by atoms with E-state index in [0.717, 1.165) is 36.3 Å². The molecule has 5 nitrogen and oxygen atoms in total. The monoisotopic (exact) mass is 275 g/mol. The summed E-state index contributed by atoms with van der Waals surface area (Å²) in [5, 5.41) is 15.5. The largest absolute Gasteiger partial charge is 0.394 e. The summed E-state index contributed by atoms with van der Waals surface area (Å²) in [7, 11) is 1.79. The van der Waals surface area contributed by atoms with Crippen LogP contribution in [-0.4, -0.2) is 37.3 Å². The fraction of sp³-hybridized carbons (Fsp3) is 0.533. The average Bonchev–Trinajstić information content (AvgIpc) is 2.81. The molecule has 1 amide bonds. The van der Waals surface area contributed by atoms with Crippen LogP contribution in [0, 0.1) is 0 Å². The smallest absolute Gasteiger partial charge is 0.246 e. The molecular formula is C15H21N3O2. The van der Waals surface area contributed by atoms with Crippen molar-refractivity contribution in [1.82, 2.24) is 5.32 Å². The Morgan fingerprint density at radius 2 is 2.30 bits per heavy atom. The van der Waals surface area contributed by atoms with Gasteiger partial charge in [0.05, 0.1) is 12.6 Å². The van der Waals surface area contributed by atoms with Gasteiger partial charge >= 0.3 is 0 Å². The van der Waals surface area contributed by atoms with E-state index in [1.165, 1.54) is 6.42 Å². The summed E-state index contributed by atoms with van der Waals surface area (Å²) in [6, 6.07) is 6.02. The molecule has 2 heterocycles. The van der Waals surface area contributed by atoms with Crippen LogP contribution in [0.15, 0.2) is 18.2 Å². The SMILES string of the molecule is CNC1C(=O)Nc2cc(N3CCCCC3CO)ccc21. The van der Waals surface area contributed by atoms with Gasteiger partial charge in [0.25, 0.3) is 0 Å². The zero-order valence-electron chi connectivity index (χ0n) is 11.7. The molecule has 5 heteroatoms. The fourth-order valence-corrected chi connectivity index (χ4v) is 3.25. The Morgan fingerprint density at radius 1 is 1.45 bits per heavy atom. The van der Waals surface area contributed by atoms with Gasteiger partial charge in [0.15, 0.2) is 0 Å². The number of carbonyl (C=O) groups excluding carboxylic acids is 1. The maximum atomic E-state index is 11.8. The molecule has 2 aliphatic rings. The van der Waals surface area contributed by atoms with Crippen molar-refractivity contribution in [1.29, 1.82) is 0 Å². The van der Waals surface area contributed by atoms with Gasteiger partial charge in [-0.05, 0) is 38.4 Å². The third-order valence-electron chi connectivity index (χ3n) is 4.33. The molecule has 20 heavy (non-hydrogen) atoms. The fourth-order valence-electron chi connectivity index (χ4n) is 3.25. The Labute approximate surface area is 119 Å². The van der Waals surface area contributed by atoms with Crippen molar-refractivity contribution in [3.63, 3.8) is 0 Å². The number of carbonyl (C=O) groups is 1. The van der Waals surface area contributed by atoms with E-state index in [4.69, 9.17) is 0 Å². The molecule has 0 bridgehead atoms. The lowest BCUT2D eigenvalue weighted by molar-refractivity contribution is -0.117. The van der Waals surface area contributed by atoms with E-state index < -0.39 is 0 Å². The van der Waals surface area contributed by atoms with Gasteiger partial charge < -0.3 is 20.6 Å². The number of likely N-dealkylation sites (N-methyl/N-ethyl adjacent to an activating group) is 1. The number of hydrogen-bond donors (Lipinski definition) is 3. The highest BCUT2D eigenvalue weighted by molar-refractivity contribution is 6.03. The minimum absolute atomic E-state index is 0.00278. The lowest BCUT2D eigenvalue weighted by Crippen LogP contribution is -2.41. The third kappa shape index (κ3) is 2.17. The lowest BCUT2D eigenvalue weighted by atomic mass is 10.0. The Bertz CT molecular complexity index is 518. The van der Waals surface area contributed by atoms with E-state index >= 15 is 0 Å². The molecule has 1 saturated heterocycles. The van der Waals surface area contributed by atoms with Gasteiger partial charge in [-0.2, -0.15) is 0 Å². The van der Waals surface area contributed by atoms with Crippen LogP contribution in [-0.2, 0) is 4.79 Å². The molecule has 2 unspecified atom stereocenters. The summed E-state index contributed by atoms with van der Waals surface area (Å²) >= 11 is 0. The van der Waals surface area contributed by atoms with Gasteiger partial charge in [0.2, 0.25) is 5.91 Å². The third-order valence-corrected chi connectivity index (χ3v) is 4.33. The van der Waals surface area contributed by atoms with Crippen LogP contribution in [0.3, 0.4) is 0 Å². The molecule has 3 rings (SSSR count). The molecule has 2 aliphatic heterocycles. The molecule has 108 valence electrons. The Balaban J connectivity index is 1.89. The van der Waals surface area contributed by atoms with Crippen molar-refractivity contribution in [2.45, 2.75) is 31.3 Å². The van der Waals surface area contributed by atoms with Crippen LogP contribution < -0.4 is 15.5 Å². The van der Waals surface area contributed by atoms with E-state index in [1.54, 1.807) is 7.05 Å². The molecule has 0 aliphatic carbocycles. The van der Waals surface area contributed by atoms with Gasteiger partial charge in [-0.1, -0.05) is 6.07 Å². The van der Waals surface area contributed by atoms with Crippen molar-refractivity contribution in [3.05, 3.63) is 23.8 Å². The summed E-state index contributed by atoms with van der Waals surface area (Å²) in [6.45, 7) is 1.15. The van der Waals surface area contributed by atoms with E-state index in [1.807, 2.05) is 12.1 Å². The number of nitrogens with one attached hydrogen (secondary N) is 2. The molecule has 2 atom stereocenters. The van der Waals surface area contributed by atoms with Crippen LogP contribution in [0.4, 0.5) is 11.4 Å². The second kappa shape index (κ2) is 5.42. The zero-order chi connectivity index (χ0) is 14.1. The van der Waals surface area contributed by atoms with Gasteiger partial charge in [-0.15, -0.1) is 0 Å². The lowest BCUT2D eigenvalue weighted by Gasteiger charge is -2.36. The van der Waals surface area contributed by atoms with Gasteiger partial charge in [0.1, 0.15) is 6.04 Å². The van der Waals surface area contributed by atoms with Crippen LogP contribution in [0.1, 0.15) is 30.9 Å². The number of piperidine rings is 1. The second-order valence-electron chi connectivity index (χ2n) is 5.51. The van der Waals surface area contributed by atoms with Crippen LogP contribution in [0.25, 0.3) is 0 Å². The standard InChI is InChI=1S/C15H21N3O2/c1-16-14-12-6-5-10(8-13(12)17-15(14)20)18-7-3-2-4-11(18)9-19/h5-6,8,11,14,16,19H,2-4,7,9H2,1H3,(H,17,20). The van der Waals surface area contributed by atoms with Crippen molar-refractivity contribution in [3.8, 4) is 0 Å². The maximum Gasteiger partial charge on any atom is 0.246 e.